The van der Waals surface area contributed by atoms with Crippen molar-refractivity contribution in [2.45, 2.75) is 12.8 Å². The van der Waals surface area contributed by atoms with E-state index in [-0.39, 0.29) is 17.8 Å². The van der Waals surface area contributed by atoms with Crippen LogP contribution in [0, 0.1) is 11.6 Å². The Balaban J connectivity index is 2.01. The molecule has 4 heteroatoms. The Morgan fingerprint density at radius 3 is 2.32 bits per heavy atom. The zero-order valence-corrected chi connectivity index (χ0v) is 11.6. The summed E-state index contributed by atoms with van der Waals surface area (Å²) in [6.45, 7) is 0. The number of carbonyl (C=O) groups is 1. The molecule has 0 radical (unpaired) electrons. The maximum atomic E-state index is 13.0. The molecule has 0 atom stereocenters. The lowest BCUT2D eigenvalue weighted by atomic mass is 10.0. The van der Waals surface area contributed by atoms with Crippen molar-refractivity contribution in [2.24, 2.45) is 0 Å². The van der Waals surface area contributed by atoms with Crippen LogP contribution in [0.3, 0.4) is 0 Å². The molecule has 19 heavy (non-hydrogen) atoms. The Morgan fingerprint density at radius 2 is 1.68 bits per heavy atom. The smallest absolute Gasteiger partial charge is 0.163 e. The van der Waals surface area contributed by atoms with Crippen molar-refractivity contribution in [1.82, 2.24) is 0 Å². The first-order chi connectivity index (χ1) is 9.06. The van der Waals surface area contributed by atoms with E-state index in [9.17, 15) is 13.6 Å². The molecule has 0 aromatic heterocycles. The van der Waals surface area contributed by atoms with Gasteiger partial charge in [-0.1, -0.05) is 28.1 Å². The van der Waals surface area contributed by atoms with Gasteiger partial charge in [0.1, 0.15) is 0 Å². The minimum Gasteiger partial charge on any atom is -0.294 e. The van der Waals surface area contributed by atoms with Gasteiger partial charge in [0.2, 0.25) is 0 Å². The average Bonchev–Trinajstić information content (AvgIpc) is 2.41. The number of halogens is 3. The summed E-state index contributed by atoms with van der Waals surface area (Å²) in [4.78, 5) is 11.9. The third-order valence-electron chi connectivity index (χ3n) is 2.80. The van der Waals surface area contributed by atoms with Crippen molar-refractivity contribution in [3.8, 4) is 0 Å². The average molecular weight is 325 g/mol. The molecule has 0 unspecified atom stereocenters. The first-order valence-electron chi connectivity index (χ1n) is 5.79. The first kappa shape index (κ1) is 13.9. The maximum Gasteiger partial charge on any atom is 0.163 e. The van der Waals surface area contributed by atoms with E-state index in [0.29, 0.717) is 6.42 Å². The summed E-state index contributed by atoms with van der Waals surface area (Å²) in [6, 6.07) is 10.9. The maximum absolute atomic E-state index is 13.0. The van der Waals surface area contributed by atoms with Crippen LogP contribution < -0.4 is 0 Å². The predicted octanol–water partition coefficient (Wildman–Crippen LogP) is 4.54. The Bertz CT molecular complexity index is 594. The largest absolute Gasteiger partial charge is 0.294 e. The molecule has 2 aromatic carbocycles. The normalized spacial score (nSPS) is 10.5. The molecule has 0 bridgehead atoms. The second kappa shape index (κ2) is 6.06. The van der Waals surface area contributed by atoms with E-state index < -0.39 is 11.6 Å². The van der Waals surface area contributed by atoms with E-state index in [0.717, 1.165) is 22.2 Å². The SMILES string of the molecule is O=C(CCc1ccc(Br)cc1)c1ccc(F)c(F)c1. The number of ketones is 1. The van der Waals surface area contributed by atoms with Gasteiger partial charge >= 0.3 is 0 Å². The number of rotatable bonds is 4. The van der Waals surface area contributed by atoms with Gasteiger partial charge < -0.3 is 0 Å². The van der Waals surface area contributed by atoms with Gasteiger partial charge in [0.05, 0.1) is 0 Å². The van der Waals surface area contributed by atoms with E-state index in [1.165, 1.54) is 6.07 Å². The van der Waals surface area contributed by atoms with E-state index >= 15 is 0 Å². The number of carbonyl (C=O) groups excluding carboxylic acids is 1. The summed E-state index contributed by atoms with van der Waals surface area (Å²) >= 11 is 3.33. The van der Waals surface area contributed by atoms with Crippen molar-refractivity contribution < 1.29 is 13.6 Å². The van der Waals surface area contributed by atoms with Gasteiger partial charge in [-0.25, -0.2) is 8.78 Å². The molecule has 0 aliphatic carbocycles. The van der Waals surface area contributed by atoms with Crippen LogP contribution in [-0.4, -0.2) is 5.78 Å². The topological polar surface area (TPSA) is 17.1 Å². The monoisotopic (exact) mass is 324 g/mol. The summed E-state index contributed by atoms with van der Waals surface area (Å²) in [6.07, 6.45) is 0.845. The predicted molar refractivity (Wildman–Crippen MR) is 73.2 cm³/mol. The van der Waals surface area contributed by atoms with Crippen molar-refractivity contribution in [3.63, 3.8) is 0 Å². The van der Waals surface area contributed by atoms with E-state index in [2.05, 4.69) is 15.9 Å². The van der Waals surface area contributed by atoms with Crippen LogP contribution in [0.5, 0.6) is 0 Å². The Hall–Kier alpha value is -1.55. The number of hydrogen-bond donors (Lipinski definition) is 0. The fourth-order valence-corrected chi connectivity index (χ4v) is 1.99. The van der Waals surface area contributed by atoms with Crippen molar-refractivity contribution in [3.05, 3.63) is 69.7 Å². The third kappa shape index (κ3) is 3.70. The highest BCUT2D eigenvalue weighted by Gasteiger charge is 2.09. The summed E-state index contributed by atoms with van der Waals surface area (Å²) in [5.74, 6) is -2.12. The Labute approximate surface area is 118 Å². The lowest BCUT2D eigenvalue weighted by Crippen LogP contribution is -2.02. The molecule has 0 heterocycles. The van der Waals surface area contributed by atoms with Crippen LogP contribution in [0.25, 0.3) is 0 Å². The van der Waals surface area contributed by atoms with E-state index in [1.54, 1.807) is 0 Å². The molecule has 0 aliphatic rings. The molecule has 0 spiro atoms. The minimum atomic E-state index is -0.991. The molecule has 98 valence electrons. The fraction of sp³-hybridized carbons (Fsp3) is 0.133. The van der Waals surface area contributed by atoms with E-state index in [1.807, 2.05) is 24.3 Å². The van der Waals surface area contributed by atoms with Crippen LogP contribution in [0.15, 0.2) is 46.9 Å². The number of benzene rings is 2. The third-order valence-corrected chi connectivity index (χ3v) is 3.32. The molecule has 0 aliphatic heterocycles. The van der Waals surface area contributed by atoms with Gasteiger partial charge in [-0.2, -0.15) is 0 Å². The highest BCUT2D eigenvalue weighted by molar-refractivity contribution is 9.10. The van der Waals surface area contributed by atoms with Gasteiger partial charge in [-0.3, -0.25) is 4.79 Å². The van der Waals surface area contributed by atoms with Crippen LogP contribution in [0.4, 0.5) is 8.78 Å². The second-order valence-electron chi connectivity index (χ2n) is 4.18. The molecular weight excluding hydrogens is 314 g/mol. The van der Waals surface area contributed by atoms with Crippen LogP contribution in [0.2, 0.25) is 0 Å². The molecule has 0 amide bonds. The summed E-state index contributed by atoms with van der Waals surface area (Å²) in [7, 11) is 0. The van der Waals surface area contributed by atoms with Gasteiger partial charge in [0, 0.05) is 16.5 Å². The molecule has 2 rings (SSSR count). The van der Waals surface area contributed by atoms with Crippen LogP contribution >= 0.6 is 15.9 Å². The molecule has 0 saturated carbocycles. The quantitative estimate of drug-likeness (QED) is 0.754. The van der Waals surface area contributed by atoms with Crippen molar-refractivity contribution >= 4 is 21.7 Å². The van der Waals surface area contributed by atoms with Crippen molar-refractivity contribution in [1.29, 1.82) is 0 Å². The standard InChI is InChI=1S/C15H11BrF2O/c16-12-5-1-10(2-6-12)3-8-15(19)11-4-7-13(17)14(18)9-11/h1-2,4-7,9H,3,8H2. The van der Waals surface area contributed by atoms with Gasteiger partial charge in [0.15, 0.2) is 17.4 Å². The van der Waals surface area contributed by atoms with Gasteiger partial charge in [0.25, 0.3) is 0 Å². The number of Topliss-reactive ketones (excluding diaryl/α,β-unsaturated/α-hetero) is 1. The Kier molecular flexibility index (Phi) is 4.43. The minimum absolute atomic E-state index is 0.193. The van der Waals surface area contributed by atoms with Crippen LogP contribution in [0.1, 0.15) is 22.3 Å². The second-order valence-corrected chi connectivity index (χ2v) is 5.09. The molecule has 0 fully saturated rings. The summed E-state index contributed by atoms with van der Waals surface area (Å²) in [5.41, 5.74) is 1.23. The highest BCUT2D eigenvalue weighted by Crippen LogP contribution is 2.14. The molecule has 2 aromatic rings. The van der Waals surface area contributed by atoms with Crippen molar-refractivity contribution in [2.75, 3.05) is 0 Å². The van der Waals surface area contributed by atoms with Gasteiger partial charge in [-0.05, 0) is 42.3 Å². The molecular formula is C15H11BrF2O. The molecule has 1 nitrogen and oxygen atoms in total. The Morgan fingerprint density at radius 1 is 1.00 bits per heavy atom. The first-order valence-corrected chi connectivity index (χ1v) is 6.58. The summed E-state index contributed by atoms with van der Waals surface area (Å²) < 4.78 is 26.7. The van der Waals surface area contributed by atoms with Gasteiger partial charge in [-0.15, -0.1) is 0 Å². The van der Waals surface area contributed by atoms with Crippen LogP contribution in [-0.2, 0) is 6.42 Å². The van der Waals surface area contributed by atoms with E-state index in [4.69, 9.17) is 0 Å². The molecule has 0 saturated heterocycles. The zero-order valence-electron chi connectivity index (χ0n) is 10.00. The lowest BCUT2D eigenvalue weighted by Gasteiger charge is -2.03. The molecule has 0 N–H and O–H groups in total. The zero-order chi connectivity index (χ0) is 13.8. The fourth-order valence-electron chi connectivity index (χ4n) is 1.72. The lowest BCUT2D eigenvalue weighted by molar-refractivity contribution is 0.0982. The highest BCUT2D eigenvalue weighted by atomic mass is 79.9. The number of hydrogen-bond acceptors (Lipinski definition) is 1. The summed E-state index contributed by atoms with van der Waals surface area (Å²) in [5, 5.41) is 0. The number of aryl methyl sites for hydroxylation is 1.